The Morgan fingerprint density at radius 3 is 2.56 bits per heavy atom. The molecule has 0 saturated heterocycles. The van der Waals surface area contributed by atoms with E-state index < -0.39 is 0 Å². The fourth-order valence-electron chi connectivity index (χ4n) is 2.74. The van der Waals surface area contributed by atoms with E-state index in [0.717, 1.165) is 37.0 Å². The normalized spacial score (nSPS) is 18.4. The lowest BCUT2D eigenvalue weighted by atomic mass is 9.76. The number of benzene rings is 1. The third kappa shape index (κ3) is 1.73. The van der Waals surface area contributed by atoms with Gasteiger partial charge in [-0.2, -0.15) is 0 Å². The van der Waals surface area contributed by atoms with Gasteiger partial charge in [0.25, 0.3) is 0 Å². The van der Waals surface area contributed by atoms with E-state index in [0.29, 0.717) is 5.78 Å². The molecule has 0 unspecified atom stereocenters. The van der Waals surface area contributed by atoms with Gasteiger partial charge in [0.1, 0.15) is 11.5 Å². The van der Waals surface area contributed by atoms with Gasteiger partial charge in [-0.1, -0.05) is 25.0 Å². The molecule has 1 aromatic rings. The van der Waals surface area contributed by atoms with Gasteiger partial charge in [-0.25, -0.2) is 0 Å². The summed E-state index contributed by atoms with van der Waals surface area (Å²) in [4.78, 5) is 11.9. The highest BCUT2D eigenvalue weighted by atomic mass is 16.5. The van der Waals surface area contributed by atoms with Crippen LogP contribution in [0.25, 0.3) is 0 Å². The maximum atomic E-state index is 11.9. The average Bonchev–Trinajstić information content (AvgIpc) is 2.79. The topological polar surface area (TPSA) is 26.3 Å². The van der Waals surface area contributed by atoms with Crippen molar-refractivity contribution in [2.24, 2.45) is 0 Å². The molecule has 1 aliphatic carbocycles. The minimum atomic E-state index is -0.242. The van der Waals surface area contributed by atoms with E-state index in [4.69, 9.17) is 4.74 Å². The van der Waals surface area contributed by atoms with Gasteiger partial charge in [0.15, 0.2) is 0 Å². The summed E-state index contributed by atoms with van der Waals surface area (Å²) >= 11 is 0. The third-order valence-electron chi connectivity index (χ3n) is 3.75. The summed E-state index contributed by atoms with van der Waals surface area (Å²) in [5.74, 6) is 1.13. The lowest BCUT2D eigenvalue weighted by Crippen LogP contribution is -2.30. The summed E-state index contributed by atoms with van der Waals surface area (Å²) in [6.45, 7) is 1.71. The molecule has 2 nitrogen and oxygen atoms in total. The first-order valence-electron chi connectivity index (χ1n) is 5.84. The van der Waals surface area contributed by atoms with Crippen LogP contribution in [-0.2, 0) is 10.2 Å². The van der Waals surface area contributed by atoms with Crippen molar-refractivity contribution in [1.82, 2.24) is 0 Å². The minimum absolute atomic E-state index is 0.242. The minimum Gasteiger partial charge on any atom is -0.497 e. The fraction of sp³-hybridized carbons (Fsp3) is 0.500. The highest BCUT2D eigenvalue weighted by molar-refractivity contribution is 5.88. The van der Waals surface area contributed by atoms with Gasteiger partial charge in [-0.15, -0.1) is 0 Å². The van der Waals surface area contributed by atoms with Crippen molar-refractivity contribution in [3.8, 4) is 5.75 Å². The summed E-state index contributed by atoms with van der Waals surface area (Å²) in [6, 6.07) is 7.95. The molecule has 0 atom stereocenters. The smallest absolute Gasteiger partial charge is 0.140 e. The van der Waals surface area contributed by atoms with Gasteiger partial charge in [0.05, 0.1) is 12.5 Å². The number of rotatable bonds is 3. The van der Waals surface area contributed by atoms with Gasteiger partial charge in [0, 0.05) is 0 Å². The molecule has 16 heavy (non-hydrogen) atoms. The molecule has 0 heterocycles. The number of carbonyl (C=O) groups excluding carboxylic acids is 1. The third-order valence-corrected chi connectivity index (χ3v) is 3.75. The van der Waals surface area contributed by atoms with Gasteiger partial charge in [-0.3, -0.25) is 4.79 Å². The van der Waals surface area contributed by atoms with Crippen molar-refractivity contribution < 1.29 is 9.53 Å². The van der Waals surface area contributed by atoms with Crippen molar-refractivity contribution in [1.29, 1.82) is 0 Å². The Morgan fingerprint density at radius 2 is 2.00 bits per heavy atom. The molecular weight excluding hydrogens is 200 g/mol. The molecule has 1 saturated carbocycles. The van der Waals surface area contributed by atoms with Gasteiger partial charge in [0.2, 0.25) is 0 Å². The predicted molar refractivity (Wildman–Crippen MR) is 63.8 cm³/mol. The van der Waals surface area contributed by atoms with Crippen molar-refractivity contribution in [3.05, 3.63) is 29.8 Å². The summed E-state index contributed by atoms with van der Waals surface area (Å²) in [5, 5.41) is 0. The van der Waals surface area contributed by atoms with Crippen LogP contribution in [0.15, 0.2) is 24.3 Å². The second kappa shape index (κ2) is 4.28. The highest BCUT2D eigenvalue weighted by Gasteiger charge is 2.40. The number of hydrogen-bond acceptors (Lipinski definition) is 2. The molecule has 1 aliphatic rings. The summed E-state index contributed by atoms with van der Waals surface area (Å²) < 4.78 is 5.23. The zero-order chi connectivity index (χ0) is 11.6. The maximum Gasteiger partial charge on any atom is 0.140 e. The monoisotopic (exact) mass is 218 g/mol. The molecule has 0 radical (unpaired) electrons. The van der Waals surface area contributed by atoms with Gasteiger partial charge >= 0.3 is 0 Å². The second-order valence-corrected chi connectivity index (χ2v) is 4.58. The zero-order valence-electron chi connectivity index (χ0n) is 9.95. The van der Waals surface area contributed by atoms with E-state index in [9.17, 15) is 4.79 Å². The van der Waals surface area contributed by atoms with Crippen molar-refractivity contribution in [2.45, 2.75) is 38.0 Å². The molecule has 0 N–H and O–H groups in total. The first-order valence-corrected chi connectivity index (χ1v) is 5.84. The molecular formula is C14H18O2. The SMILES string of the molecule is COc1cccc(C2(C(C)=O)CCCC2)c1. The Hall–Kier alpha value is -1.31. The van der Waals surface area contributed by atoms with E-state index in [1.165, 1.54) is 0 Å². The Morgan fingerprint density at radius 1 is 1.31 bits per heavy atom. The molecule has 1 aromatic carbocycles. The van der Waals surface area contributed by atoms with E-state index in [2.05, 4.69) is 6.07 Å². The number of carbonyl (C=O) groups is 1. The van der Waals surface area contributed by atoms with Crippen LogP contribution < -0.4 is 4.74 Å². The van der Waals surface area contributed by atoms with Crippen LogP contribution in [0.1, 0.15) is 38.2 Å². The first kappa shape index (κ1) is 11.2. The van der Waals surface area contributed by atoms with Crippen molar-refractivity contribution in [2.75, 3.05) is 7.11 Å². The Balaban J connectivity index is 2.43. The molecule has 2 rings (SSSR count). The molecule has 86 valence electrons. The summed E-state index contributed by atoms with van der Waals surface area (Å²) in [7, 11) is 1.66. The molecule has 0 bridgehead atoms. The number of hydrogen-bond donors (Lipinski definition) is 0. The van der Waals surface area contributed by atoms with Crippen LogP contribution in [0, 0.1) is 0 Å². The largest absolute Gasteiger partial charge is 0.497 e. The summed E-state index contributed by atoms with van der Waals surface area (Å²) in [5.41, 5.74) is 0.881. The molecule has 2 heteroatoms. The Kier molecular flexibility index (Phi) is 2.99. The number of ether oxygens (including phenoxy) is 1. The van der Waals surface area contributed by atoms with Crippen LogP contribution in [0.3, 0.4) is 0 Å². The molecule has 0 aromatic heterocycles. The number of Topliss-reactive ketones (excluding diaryl/α,β-unsaturated/α-hetero) is 1. The highest BCUT2D eigenvalue weighted by Crippen LogP contribution is 2.42. The van der Waals surface area contributed by atoms with Crippen molar-refractivity contribution >= 4 is 5.78 Å². The van der Waals surface area contributed by atoms with E-state index in [-0.39, 0.29) is 5.41 Å². The van der Waals surface area contributed by atoms with Crippen molar-refractivity contribution in [3.63, 3.8) is 0 Å². The quantitative estimate of drug-likeness (QED) is 0.779. The van der Waals surface area contributed by atoms with E-state index in [1.807, 2.05) is 18.2 Å². The Labute approximate surface area is 96.6 Å². The van der Waals surface area contributed by atoms with E-state index >= 15 is 0 Å². The predicted octanol–water partition coefficient (Wildman–Crippen LogP) is 3.10. The molecule has 0 amide bonds. The summed E-state index contributed by atoms with van der Waals surface area (Å²) in [6.07, 6.45) is 4.26. The standard InChI is InChI=1S/C14H18O2/c1-11(15)14(8-3-4-9-14)12-6-5-7-13(10-12)16-2/h5-7,10H,3-4,8-9H2,1-2H3. The van der Waals surface area contributed by atoms with Crippen LogP contribution in [0.2, 0.25) is 0 Å². The number of methoxy groups -OCH3 is 1. The van der Waals surface area contributed by atoms with Gasteiger partial charge in [-0.05, 0) is 37.5 Å². The van der Waals surface area contributed by atoms with Crippen LogP contribution in [0.5, 0.6) is 5.75 Å². The Bertz CT molecular complexity index is 389. The lowest BCUT2D eigenvalue weighted by molar-refractivity contribution is -0.122. The maximum absolute atomic E-state index is 11.9. The average molecular weight is 218 g/mol. The zero-order valence-corrected chi connectivity index (χ0v) is 9.95. The van der Waals surface area contributed by atoms with E-state index in [1.54, 1.807) is 14.0 Å². The second-order valence-electron chi connectivity index (χ2n) is 4.58. The number of ketones is 1. The molecule has 1 fully saturated rings. The van der Waals surface area contributed by atoms with Crippen LogP contribution in [-0.4, -0.2) is 12.9 Å². The molecule has 0 spiro atoms. The van der Waals surface area contributed by atoms with Crippen LogP contribution >= 0.6 is 0 Å². The molecule has 0 aliphatic heterocycles. The lowest BCUT2D eigenvalue weighted by Gasteiger charge is -2.26. The van der Waals surface area contributed by atoms with Gasteiger partial charge < -0.3 is 4.74 Å². The first-order chi connectivity index (χ1) is 7.69. The van der Waals surface area contributed by atoms with Crippen LogP contribution in [0.4, 0.5) is 0 Å². The fourth-order valence-corrected chi connectivity index (χ4v) is 2.74.